The Morgan fingerprint density at radius 3 is 2.76 bits per heavy atom. The molecule has 0 spiro atoms. The van der Waals surface area contributed by atoms with E-state index in [1.54, 1.807) is 0 Å². The Morgan fingerprint density at radius 1 is 1.48 bits per heavy atom. The number of methoxy groups -OCH3 is 1. The Balaban J connectivity index is 2.43. The smallest absolute Gasteiger partial charge is 0.336 e. The summed E-state index contributed by atoms with van der Waals surface area (Å²) in [5.74, 6) is -1.50. The predicted octanol–water partition coefficient (Wildman–Crippen LogP) is 0.0707. The zero-order chi connectivity index (χ0) is 15.8. The van der Waals surface area contributed by atoms with Gasteiger partial charge in [-0.3, -0.25) is 4.79 Å². The highest BCUT2D eigenvalue weighted by molar-refractivity contribution is 5.78. The fraction of sp³-hybridized carbons (Fsp3) is 0.769. The topological polar surface area (TPSA) is 105 Å². The highest BCUT2D eigenvalue weighted by Gasteiger charge is 2.30. The van der Waals surface area contributed by atoms with Gasteiger partial charge < -0.3 is 24.8 Å². The van der Waals surface area contributed by atoms with Gasteiger partial charge in [0.25, 0.3) is 0 Å². The van der Waals surface area contributed by atoms with Crippen LogP contribution in [-0.2, 0) is 19.1 Å². The second-order valence-electron chi connectivity index (χ2n) is 4.89. The predicted molar refractivity (Wildman–Crippen MR) is 72.8 cm³/mol. The Bertz CT molecular complexity index is 387. The molecule has 0 aliphatic carbocycles. The molecule has 2 atom stereocenters. The van der Waals surface area contributed by atoms with Crippen LogP contribution in [-0.4, -0.2) is 67.4 Å². The van der Waals surface area contributed by atoms with E-state index in [0.717, 1.165) is 0 Å². The quantitative estimate of drug-likeness (QED) is 0.673. The van der Waals surface area contributed by atoms with Crippen molar-refractivity contribution in [2.45, 2.75) is 25.9 Å². The molecule has 1 aliphatic heterocycles. The van der Waals surface area contributed by atoms with E-state index in [1.807, 2.05) is 6.92 Å². The summed E-state index contributed by atoms with van der Waals surface area (Å²) >= 11 is 0. The van der Waals surface area contributed by atoms with Crippen LogP contribution in [0.25, 0.3) is 0 Å². The molecular formula is C13H22N2O6. The van der Waals surface area contributed by atoms with Crippen LogP contribution in [0.3, 0.4) is 0 Å². The molecule has 2 N–H and O–H groups in total. The van der Waals surface area contributed by atoms with Crippen molar-refractivity contribution in [1.82, 2.24) is 10.2 Å². The summed E-state index contributed by atoms with van der Waals surface area (Å²) in [5, 5.41) is 11.5. The van der Waals surface area contributed by atoms with Gasteiger partial charge in [0.05, 0.1) is 20.3 Å². The number of amides is 2. The van der Waals surface area contributed by atoms with Gasteiger partial charge >= 0.3 is 18.0 Å². The molecule has 1 saturated heterocycles. The first-order chi connectivity index (χ1) is 9.97. The lowest BCUT2D eigenvalue weighted by atomic mass is 10.0. The van der Waals surface area contributed by atoms with Gasteiger partial charge in [0.15, 0.2) is 6.10 Å². The van der Waals surface area contributed by atoms with Crippen LogP contribution in [0.5, 0.6) is 0 Å². The van der Waals surface area contributed by atoms with Gasteiger partial charge in [0.1, 0.15) is 0 Å². The number of carboxylic acids is 1. The Labute approximate surface area is 123 Å². The molecule has 8 heteroatoms. The van der Waals surface area contributed by atoms with Crippen LogP contribution >= 0.6 is 0 Å². The molecule has 0 saturated carbocycles. The summed E-state index contributed by atoms with van der Waals surface area (Å²) in [4.78, 5) is 35.6. The van der Waals surface area contributed by atoms with E-state index in [2.05, 4.69) is 10.1 Å². The summed E-state index contributed by atoms with van der Waals surface area (Å²) in [6.07, 6.45) is -0.0824. The standard InChI is InChI=1S/C13H22N2O6/c1-3-9(6-11(16)17)7-14-13(19)15-4-5-21-10(8-15)12(18)20-2/h9-10H,3-8H2,1-2H3,(H,14,19)(H,16,17). The molecule has 0 aromatic heterocycles. The minimum absolute atomic E-state index is 0.0185. The first kappa shape index (κ1) is 17.2. The third-order valence-electron chi connectivity index (χ3n) is 3.40. The summed E-state index contributed by atoms with van der Waals surface area (Å²) in [5.41, 5.74) is 0. The lowest BCUT2D eigenvalue weighted by molar-refractivity contribution is -0.158. The number of carbonyl (C=O) groups is 3. The van der Waals surface area contributed by atoms with Crippen molar-refractivity contribution in [1.29, 1.82) is 0 Å². The van der Waals surface area contributed by atoms with Gasteiger partial charge in [-0.05, 0) is 5.92 Å². The van der Waals surface area contributed by atoms with E-state index in [1.165, 1.54) is 12.0 Å². The van der Waals surface area contributed by atoms with Crippen molar-refractivity contribution in [2.75, 3.05) is 33.4 Å². The molecule has 2 amide bonds. The largest absolute Gasteiger partial charge is 0.481 e. The zero-order valence-electron chi connectivity index (χ0n) is 12.3. The third-order valence-corrected chi connectivity index (χ3v) is 3.40. The van der Waals surface area contributed by atoms with Crippen molar-refractivity contribution in [3.8, 4) is 0 Å². The molecule has 21 heavy (non-hydrogen) atoms. The molecule has 0 aromatic carbocycles. The van der Waals surface area contributed by atoms with Gasteiger partial charge in [-0.2, -0.15) is 0 Å². The minimum atomic E-state index is -0.881. The normalized spacial score (nSPS) is 19.7. The summed E-state index contributed by atoms with van der Waals surface area (Å²) in [7, 11) is 1.27. The maximum absolute atomic E-state index is 12.0. The van der Waals surface area contributed by atoms with Gasteiger partial charge in [0.2, 0.25) is 0 Å². The number of urea groups is 1. The van der Waals surface area contributed by atoms with Gasteiger partial charge in [-0.1, -0.05) is 13.3 Å². The summed E-state index contributed by atoms with van der Waals surface area (Å²) in [6, 6.07) is -0.323. The maximum atomic E-state index is 12.0. The number of hydrogen-bond acceptors (Lipinski definition) is 5. The highest BCUT2D eigenvalue weighted by atomic mass is 16.6. The van der Waals surface area contributed by atoms with Crippen molar-refractivity contribution in [2.24, 2.45) is 5.92 Å². The molecule has 0 aromatic rings. The van der Waals surface area contributed by atoms with Crippen LogP contribution in [0.15, 0.2) is 0 Å². The maximum Gasteiger partial charge on any atom is 0.336 e. The Kier molecular flexibility index (Phi) is 6.93. The minimum Gasteiger partial charge on any atom is -0.481 e. The monoisotopic (exact) mass is 302 g/mol. The summed E-state index contributed by atoms with van der Waals surface area (Å²) < 4.78 is 9.83. The number of nitrogens with one attached hydrogen (secondary N) is 1. The van der Waals surface area contributed by atoms with Crippen LogP contribution in [0.2, 0.25) is 0 Å². The Hall–Kier alpha value is -1.83. The van der Waals surface area contributed by atoms with E-state index in [9.17, 15) is 14.4 Å². The number of rotatable bonds is 6. The zero-order valence-corrected chi connectivity index (χ0v) is 12.3. The second kappa shape index (κ2) is 8.46. The second-order valence-corrected chi connectivity index (χ2v) is 4.89. The van der Waals surface area contributed by atoms with Crippen LogP contribution in [0.1, 0.15) is 19.8 Å². The number of hydrogen-bond donors (Lipinski definition) is 2. The van der Waals surface area contributed by atoms with Gasteiger partial charge in [-0.25, -0.2) is 9.59 Å². The fourth-order valence-corrected chi connectivity index (χ4v) is 2.06. The average molecular weight is 302 g/mol. The lowest BCUT2D eigenvalue weighted by Crippen LogP contribution is -2.52. The van der Waals surface area contributed by atoms with Crippen molar-refractivity contribution < 1.29 is 29.0 Å². The Morgan fingerprint density at radius 2 is 2.19 bits per heavy atom. The molecule has 120 valence electrons. The van der Waals surface area contributed by atoms with Crippen molar-refractivity contribution >= 4 is 18.0 Å². The number of morpholine rings is 1. The fourth-order valence-electron chi connectivity index (χ4n) is 2.06. The van der Waals surface area contributed by atoms with Crippen LogP contribution < -0.4 is 5.32 Å². The number of ether oxygens (including phenoxy) is 2. The van der Waals surface area contributed by atoms with E-state index >= 15 is 0 Å². The van der Waals surface area contributed by atoms with E-state index in [4.69, 9.17) is 9.84 Å². The molecule has 1 rings (SSSR count). The molecule has 0 bridgehead atoms. The number of aliphatic carboxylic acids is 1. The van der Waals surface area contributed by atoms with Gasteiger partial charge in [0, 0.05) is 19.5 Å². The highest BCUT2D eigenvalue weighted by Crippen LogP contribution is 2.09. The van der Waals surface area contributed by atoms with Crippen LogP contribution in [0, 0.1) is 5.92 Å². The first-order valence-electron chi connectivity index (χ1n) is 6.91. The number of carboxylic acid groups (broad SMARTS) is 1. The number of carbonyl (C=O) groups excluding carboxylic acids is 2. The summed E-state index contributed by atoms with van der Waals surface area (Å²) in [6.45, 7) is 2.95. The van der Waals surface area contributed by atoms with E-state index in [-0.39, 0.29) is 31.5 Å². The third kappa shape index (κ3) is 5.58. The molecule has 1 heterocycles. The first-order valence-corrected chi connectivity index (χ1v) is 6.91. The molecule has 2 unspecified atom stereocenters. The number of nitrogens with zero attached hydrogens (tertiary/aromatic N) is 1. The molecular weight excluding hydrogens is 280 g/mol. The molecule has 1 fully saturated rings. The molecule has 8 nitrogen and oxygen atoms in total. The van der Waals surface area contributed by atoms with Crippen molar-refractivity contribution in [3.05, 3.63) is 0 Å². The van der Waals surface area contributed by atoms with E-state index < -0.39 is 18.0 Å². The van der Waals surface area contributed by atoms with Crippen molar-refractivity contribution in [3.63, 3.8) is 0 Å². The molecule has 0 radical (unpaired) electrons. The van der Waals surface area contributed by atoms with Gasteiger partial charge in [-0.15, -0.1) is 0 Å². The number of esters is 1. The average Bonchev–Trinajstić information content (AvgIpc) is 2.49. The SMILES string of the molecule is CCC(CNC(=O)N1CCOC(C(=O)OC)C1)CC(=O)O. The lowest BCUT2D eigenvalue weighted by Gasteiger charge is -2.31. The van der Waals surface area contributed by atoms with E-state index in [0.29, 0.717) is 19.5 Å². The van der Waals surface area contributed by atoms with Crippen LogP contribution in [0.4, 0.5) is 4.79 Å². The molecule has 1 aliphatic rings.